The Kier molecular flexibility index (Phi) is 4.20. The van der Waals surface area contributed by atoms with Crippen LogP contribution in [0.3, 0.4) is 0 Å². The van der Waals surface area contributed by atoms with Gasteiger partial charge in [-0.25, -0.2) is 4.98 Å². The molecule has 1 aliphatic heterocycles. The minimum atomic E-state index is -0.242. The Balaban J connectivity index is 2.14. The zero-order chi connectivity index (χ0) is 16.6. The van der Waals surface area contributed by atoms with Crippen molar-refractivity contribution in [2.75, 3.05) is 0 Å². The summed E-state index contributed by atoms with van der Waals surface area (Å²) in [4.78, 5) is 32.0. The summed E-state index contributed by atoms with van der Waals surface area (Å²) in [7, 11) is 0. The highest BCUT2D eigenvalue weighted by molar-refractivity contribution is 5.97. The SMILES string of the molecule is CCn1c(=O)c(C(=O)N2[C@H](C)CCC[C@H]2C)cc2cccnc21. The van der Waals surface area contributed by atoms with Gasteiger partial charge in [-0.2, -0.15) is 0 Å². The van der Waals surface area contributed by atoms with Gasteiger partial charge in [-0.1, -0.05) is 0 Å². The fourth-order valence-corrected chi connectivity index (χ4v) is 3.61. The van der Waals surface area contributed by atoms with Gasteiger partial charge in [0, 0.05) is 30.2 Å². The number of aryl methyl sites for hydroxylation is 1. The Hall–Kier alpha value is -2.17. The van der Waals surface area contributed by atoms with E-state index in [2.05, 4.69) is 18.8 Å². The molecule has 1 saturated heterocycles. The van der Waals surface area contributed by atoms with Gasteiger partial charge in [0.2, 0.25) is 0 Å². The highest BCUT2D eigenvalue weighted by Crippen LogP contribution is 2.24. The number of aromatic nitrogens is 2. The Morgan fingerprint density at radius 1 is 1.30 bits per heavy atom. The number of carbonyl (C=O) groups is 1. The van der Waals surface area contributed by atoms with Crippen LogP contribution in [0.15, 0.2) is 29.2 Å². The number of piperidine rings is 1. The number of pyridine rings is 2. The fourth-order valence-electron chi connectivity index (χ4n) is 3.61. The molecule has 2 aromatic rings. The van der Waals surface area contributed by atoms with Crippen molar-refractivity contribution in [2.45, 2.75) is 58.7 Å². The first-order valence-corrected chi connectivity index (χ1v) is 8.35. The quantitative estimate of drug-likeness (QED) is 0.856. The largest absolute Gasteiger partial charge is 0.333 e. The average Bonchev–Trinajstić information content (AvgIpc) is 2.54. The van der Waals surface area contributed by atoms with Crippen LogP contribution in [0.2, 0.25) is 0 Å². The topological polar surface area (TPSA) is 55.2 Å². The number of hydrogen-bond acceptors (Lipinski definition) is 3. The lowest BCUT2D eigenvalue weighted by Crippen LogP contribution is -2.49. The van der Waals surface area contributed by atoms with Gasteiger partial charge in [0.1, 0.15) is 11.2 Å². The van der Waals surface area contributed by atoms with Crippen LogP contribution in [0.1, 0.15) is 50.4 Å². The van der Waals surface area contributed by atoms with Crippen molar-refractivity contribution in [2.24, 2.45) is 0 Å². The van der Waals surface area contributed by atoms with E-state index < -0.39 is 0 Å². The maximum Gasteiger partial charge on any atom is 0.265 e. The second-order valence-corrected chi connectivity index (χ2v) is 6.37. The van der Waals surface area contributed by atoms with Crippen molar-refractivity contribution < 1.29 is 4.79 Å². The predicted octanol–water partition coefficient (Wildman–Crippen LogP) is 2.82. The number of rotatable bonds is 2. The van der Waals surface area contributed by atoms with Crippen LogP contribution in [0.5, 0.6) is 0 Å². The molecule has 2 atom stereocenters. The fraction of sp³-hybridized carbons (Fsp3) is 0.500. The molecule has 1 fully saturated rings. The number of hydrogen-bond donors (Lipinski definition) is 0. The Morgan fingerprint density at radius 3 is 2.65 bits per heavy atom. The van der Waals surface area contributed by atoms with E-state index in [1.165, 1.54) is 0 Å². The molecule has 0 aromatic carbocycles. The molecule has 1 amide bonds. The van der Waals surface area contributed by atoms with E-state index in [9.17, 15) is 9.59 Å². The van der Waals surface area contributed by atoms with E-state index in [4.69, 9.17) is 0 Å². The molecular weight excluding hydrogens is 290 g/mol. The van der Waals surface area contributed by atoms with E-state index in [0.29, 0.717) is 12.2 Å². The molecule has 1 aliphatic rings. The van der Waals surface area contributed by atoms with Gasteiger partial charge in [0.05, 0.1) is 0 Å². The molecule has 0 spiro atoms. The minimum Gasteiger partial charge on any atom is -0.333 e. The number of nitrogens with zero attached hydrogens (tertiary/aromatic N) is 3. The van der Waals surface area contributed by atoms with Gasteiger partial charge in [-0.05, 0) is 58.2 Å². The van der Waals surface area contributed by atoms with Crippen molar-refractivity contribution in [3.8, 4) is 0 Å². The lowest BCUT2D eigenvalue weighted by molar-refractivity contribution is 0.0508. The van der Waals surface area contributed by atoms with Crippen LogP contribution in [-0.2, 0) is 6.54 Å². The summed E-state index contributed by atoms with van der Waals surface area (Å²) in [6, 6.07) is 5.77. The molecule has 0 unspecified atom stereocenters. The molecule has 5 heteroatoms. The molecule has 0 bridgehead atoms. The highest BCUT2D eigenvalue weighted by Gasteiger charge is 2.31. The van der Waals surface area contributed by atoms with Gasteiger partial charge < -0.3 is 4.90 Å². The van der Waals surface area contributed by atoms with Crippen LogP contribution >= 0.6 is 0 Å². The molecule has 0 N–H and O–H groups in total. The van der Waals surface area contributed by atoms with Crippen LogP contribution in [0.4, 0.5) is 0 Å². The molecule has 23 heavy (non-hydrogen) atoms. The molecule has 0 aliphatic carbocycles. The second-order valence-electron chi connectivity index (χ2n) is 6.37. The third-order valence-electron chi connectivity index (χ3n) is 4.82. The standard InChI is InChI=1S/C18H23N3O2/c1-4-20-16-14(9-6-10-19-16)11-15(17(20)22)18(23)21-12(2)7-5-8-13(21)3/h6,9-13H,4-5,7-8H2,1-3H3/t12-,13-/m1/s1. The normalized spacial score (nSPS) is 21.6. The van der Waals surface area contributed by atoms with Gasteiger partial charge in [-0.15, -0.1) is 0 Å². The molecule has 5 nitrogen and oxygen atoms in total. The maximum atomic E-state index is 13.0. The Bertz CT molecular complexity index is 786. The summed E-state index contributed by atoms with van der Waals surface area (Å²) in [6.45, 7) is 6.53. The van der Waals surface area contributed by atoms with Crippen LogP contribution in [0.25, 0.3) is 11.0 Å². The van der Waals surface area contributed by atoms with Crippen molar-refractivity contribution in [1.82, 2.24) is 14.5 Å². The van der Waals surface area contributed by atoms with E-state index in [1.54, 1.807) is 16.8 Å². The van der Waals surface area contributed by atoms with E-state index in [0.717, 1.165) is 24.6 Å². The van der Waals surface area contributed by atoms with Crippen molar-refractivity contribution in [1.29, 1.82) is 0 Å². The molecule has 3 rings (SSSR count). The third kappa shape index (κ3) is 2.64. The average molecular weight is 313 g/mol. The zero-order valence-electron chi connectivity index (χ0n) is 14.0. The highest BCUT2D eigenvalue weighted by atomic mass is 16.2. The second kappa shape index (κ2) is 6.14. The minimum absolute atomic E-state index is 0.150. The van der Waals surface area contributed by atoms with E-state index in [1.807, 2.05) is 24.0 Å². The molecule has 0 radical (unpaired) electrons. The lowest BCUT2D eigenvalue weighted by Gasteiger charge is -2.39. The summed E-state index contributed by atoms with van der Waals surface area (Å²) in [5.74, 6) is -0.150. The molecule has 122 valence electrons. The smallest absolute Gasteiger partial charge is 0.265 e. The predicted molar refractivity (Wildman–Crippen MR) is 90.6 cm³/mol. The zero-order valence-corrected chi connectivity index (χ0v) is 14.0. The summed E-state index contributed by atoms with van der Waals surface area (Å²) in [6.07, 6.45) is 4.79. The molecule has 3 heterocycles. The van der Waals surface area contributed by atoms with Crippen LogP contribution in [-0.4, -0.2) is 32.4 Å². The number of fused-ring (bicyclic) bond motifs is 1. The first-order chi connectivity index (χ1) is 11.0. The van der Waals surface area contributed by atoms with E-state index >= 15 is 0 Å². The first-order valence-electron chi connectivity index (χ1n) is 8.35. The lowest BCUT2D eigenvalue weighted by atomic mass is 9.96. The van der Waals surface area contributed by atoms with Gasteiger partial charge in [0.15, 0.2) is 0 Å². The monoisotopic (exact) mass is 313 g/mol. The Labute approximate surface area is 135 Å². The van der Waals surface area contributed by atoms with Crippen LogP contribution < -0.4 is 5.56 Å². The van der Waals surface area contributed by atoms with Crippen molar-refractivity contribution in [3.63, 3.8) is 0 Å². The summed E-state index contributed by atoms with van der Waals surface area (Å²) < 4.78 is 1.59. The Morgan fingerprint density at radius 2 is 2.00 bits per heavy atom. The molecule has 0 saturated carbocycles. The van der Waals surface area contributed by atoms with Gasteiger partial charge in [-0.3, -0.25) is 14.2 Å². The first kappa shape index (κ1) is 15.7. The molecule has 2 aromatic heterocycles. The van der Waals surface area contributed by atoms with Crippen molar-refractivity contribution >= 4 is 16.9 Å². The number of carbonyl (C=O) groups excluding carboxylic acids is 1. The van der Waals surface area contributed by atoms with Crippen LogP contribution in [0, 0.1) is 0 Å². The molecular formula is C18H23N3O2. The van der Waals surface area contributed by atoms with Gasteiger partial charge >= 0.3 is 0 Å². The van der Waals surface area contributed by atoms with E-state index in [-0.39, 0.29) is 29.1 Å². The maximum absolute atomic E-state index is 13.0. The van der Waals surface area contributed by atoms with Crippen molar-refractivity contribution in [3.05, 3.63) is 40.3 Å². The summed E-state index contributed by atoms with van der Waals surface area (Å²) >= 11 is 0. The number of likely N-dealkylation sites (tertiary alicyclic amines) is 1. The summed E-state index contributed by atoms with van der Waals surface area (Å²) in [5.41, 5.74) is 0.651. The third-order valence-corrected chi connectivity index (χ3v) is 4.82. The van der Waals surface area contributed by atoms with Gasteiger partial charge in [0.25, 0.3) is 11.5 Å². The number of amides is 1. The summed E-state index contributed by atoms with van der Waals surface area (Å²) in [5, 5.41) is 0.828.